The number of nitrogens with one attached hydrogen (secondary N) is 2. The van der Waals surface area contributed by atoms with E-state index in [1.807, 2.05) is 32.0 Å². The summed E-state index contributed by atoms with van der Waals surface area (Å²) in [5, 5.41) is 5.75. The van der Waals surface area contributed by atoms with Gasteiger partial charge in [-0.2, -0.15) is 0 Å². The van der Waals surface area contributed by atoms with Crippen LogP contribution in [0.4, 0.5) is 21.6 Å². The summed E-state index contributed by atoms with van der Waals surface area (Å²) in [5.74, 6) is -0.0474. The minimum absolute atomic E-state index is 0.109. The third-order valence-electron chi connectivity index (χ3n) is 3.85. The average Bonchev–Trinajstić information content (AvgIpc) is 2.59. The van der Waals surface area contributed by atoms with E-state index in [0.717, 1.165) is 16.8 Å². The van der Waals surface area contributed by atoms with Crippen molar-refractivity contribution in [2.45, 2.75) is 20.8 Å². The molecule has 6 heteroatoms. The van der Waals surface area contributed by atoms with Crippen LogP contribution < -0.4 is 10.6 Å². The topological polar surface area (TPSA) is 66.9 Å². The minimum atomic E-state index is -0.500. The lowest BCUT2D eigenvalue weighted by atomic mass is 10.1. The predicted octanol–water partition coefficient (Wildman–Crippen LogP) is 4.54. The molecule has 0 atom stereocenters. The van der Waals surface area contributed by atoms with Gasteiger partial charge in [-0.05, 0) is 50.1 Å². The number of aryl methyl sites for hydroxylation is 3. The van der Waals surface area contributed by atoms with Crippen molar-refractivity contribution in [3.05, 3.63) is 77.0 Å². The van der Waals surface area contributed by atoms with Crippen molar-refractivity contribution in [1.82, 2.24) is 9.97 Å². The maximum absolute atomic E-state index is 13.7. The van der Waals surface area contributed by atoms with Gasteiger partial charge in [0.2, 0.25) is 0 Å². The first-order valence-corrected chi connectivity index (χ1v) is 8.18. The van der Waals surface area contributed by atoms with E-state index in [1.54, 1.807) is 25.1 Å². The molecule has 3 rings (SSSR count). The highest BCUT2D eigenvalue weighted by Gasteiger charge is 2.13. The van der Waals surface area contributed by atoms with Crippen LogP contribution in [0.1, 0.15) is 27.4 Å². The number of hydrogen-bond donors (Lipinski definition) is 2. The largest absolute Gasteiger partial charge is 0.340 e. The highest BCUT2D eigenvalue weighted by atomic mass is 19.1. The fourth-order valence-electron chi connectivity index (χ4n) is 2.51. The SMILES string of the molecule is Cc1ccc(C)c(Nc2cc(C(=O)Nc3ccccc3F)nc(C)n2)c1. The van der Waals surface area contributed by atoms with Crippen LogP contribution in [0.3, 0.4) is 0 Å². The van der Waals surface area contributed by atoms with Crippen LogP contribution in [0.15, 0.2) is 48.5 Å². The monoisotopic (exact) mass is 350 g/mol. The highest BCUT2D eigenvalue weighted by molar-refractivity contribution is 6.03. The summed E-state index contributed by atoms with van der Waals surface area (Å²) in [5.41, 5.74) is 3.35. The van der Waals surface area contributed by atoms with E-state index < -0.39 is 11.7 Å². The fraction of sp³-hybridized carbons (Fsp3) is 0.150. The van der Waals surface area contributed by atoms with Gasteiger partial charge in [-0.15, -0.1) is 0 Å². The van der Waals surface area contributed by atoms with Crippen molar-refractivity contribution in [2.24, 2.45) is 0 Å². The number of benzene rings is 2. The maximum Gasteiger partial charge on any atom is 0.274 e. The Morgan fingerprint density at radius 3 is 2.50 bits per heavy atom. The van der Waals surface area contributed by atoms with Gasteiger partial charge in [-0.25, -0.2) is 14.4 Å². The quantitative estimate of drug-likeness (QED) is 0.725. The number of aromatic nitrogens is 2. The number of rotatable bonds is 4. The van der Waals surface area contributed by atoms with Crippen LogP contribution in [0, 0.1) is 26.6 Å². The number of carbonyl (C=O) groups is 1. The number of nitrogens with zero attached hydrogens (tertiary/aromatic N) is 2. The Labute approximate surface area is 151 Å². The van der Waals surface area contributed by atoms with Gasteiger partial charge in [0.1, 0.15) is 23.2 Å². The lowest BCUT2D eigenvalue weighted by Crippen LogP contribution is -2.16. The minimum Gasteiger partial charge on any atom is -0.340 e. The molecule has 2 N–H and O–H groups in total. The van der Waals surface area contributed by atoms with E-state index in [4.69, 9.17) is 0 Å². The Bertz CT molecular complexity index is 972. The molecule has 0 saturated carbocycles. The average molecular weight is 350 g/mol. The van der Waals surface area contributed by atoms with Gasteiger partial charge in [0.25, 0.3) is 5.91 Å². The lowest BCUT2D eigenvalue weighted by Gasteiger charge is -2.12. The number of carbonyl (C=O) groups excluding carboxylic acids is 1. The molecule has 1 amide bonds. The van der Waals surface area contributed by atoms with E-state index in [0.29, 0.717) is 11.6 Å². The van der Waals surface area contributed by atoms with Crippen molar-refractivity contribution in [3.63, 3.8) is 0 Å². The number of para-hydroxylation sites is 1. The van der Waals surface area contributed by atoms with Gasteiger partial charge >= 0.3 is 0 Å². The van der Waals surface area contributed by atoms with Crippen molar-refractivity contribution in [3.8, 4) is 0 Å². The van der Waals surface area contributed by atoms with Gasteiger partial charge in [-0.1, -0.05) is 24.3 Å². The third kappa shape index (κ3) is 4.03. The zero-order valence-electron chi connectivity index (χ0n) is 14.8. The molecule has 0 aliphatic heterocycles. The molecule has 5 nitrogen and oxygen atoms in total. The second-order valence-electron chi connectivity index (χ2n) is 6.06. The first-order chi connectivity index (χ1) is 12.4. The Kier molecular flexibility index (Phi) is 4.93. The number of halogens is 1. The van der Waals surface area contributed by atoms with Crippen molar-refractivity contribution in [1.29, 1.82) is 0 Å². The highest BCUT2D eigenvalue weighted by Crippen LogP contribution is 2.21. The van der Waals surface area contributed by atoms with Gasteiger partial charge in [-0.3, -0.25) is 4.79 Å². The van der Waals surface area contributed by atoms with Crippen molar-refractivity contribution >= 4 is 23.1 Å². The Balaban J connectivity index is 1.86. The van der Waals surface area contributed by atoms with Crippen LogP contribution in [-0.4, -0.2) is 15.9 Å². The molecule has 3 aromatic rings. The summed E-state index contributed by atoms with van der Waals surface area (Å²) >= 11 is 0. The van der Waals surface area contributed by atoms with E-state index in [2.05, 4.69) is 20.6 Å². The molecule has 0 aliphatic carbocycles. The van der Waals surface area contributed by atoms with E-state index >= 15 is 0 Å². The second kappa shape index (κ2) is 7.31. The first-order valence-electron chi connectivity index (χ1n) is 8.18. The number of anilines is 3. The van der Waals surface area contributed by atoms with E-state index in [9.17, 15) is 9.18 Å². The molecule has 0 fully saturated rings. The summed E-state index contributed by atoms with van der Waals surface area (Å²) in [6, 6.07) is 13.6. The normalized spacial score (nSPS) is 10.5. The van der Waals surface area contributed by atoms with Gasteiger partial charge < -0.3 is 10.6 Å². The van der Waals surface area contributed by atoms with Crippen LogP contribution in [0.5, 0.6) is 0 Å². The molecule has 0 saturated heterocycles. The number of amides is 1. The molecule has 0 unspecified atom stereocenters. The number of hydrogen-bond acceptors (Lipinski definition) is 4. The molecule has 0 aliphatic rings. The standard InChI is InChI=1S/C20H19FN4O/c1-12-8-9-13(2)17(10-12)24-19-11-18(22-14(3)23-19)20(26)25-16-7-5-4-6-15(16)21/h4-11H,1-3H3,(H,25,26)(H,22,23,24). The predicted molar refractivity (Wildman–Crippen MR) is 100 cm³/mol. The zero-order valence-corrected chi connectivity index (χ0v) is 14.8. The molecular weight excluding hydrogens is 331 g/mol. The van der Waals surface area contributed by atoms with E-state index in [-0.39, 0.29) is 11.4 Å². The smallest absolute Gasteiger partial charge is 0.274 e. The second-order valence-corrected chi connectivity index (χ2v) is 6.06. The molecule has 1 heterocycles. The first kappa shape index (κ1) is 17.5. The lowest BCUT2D eigenvalue weighted by molar-refractivity contribution is 0.102. The van der Waals surface area contributed by atoms with E-state index in [1.165, 1.54) is 12.1 Å². The molecule has 0 spiro atoms. The Morgan fingerprint density at radius 1 is 0.962 bits per heavy atom. The zero-order chi connectivity index (χ0) is 18.7. The van der Waals surface area contributed by atoms with Crippen molar-refractivity contribution in [2.75, 3.05) is 10.6 Å². The summed E-state index contributed by atoms with van der Waals surface area (Å²) in [6.07, 6.45) is 0. The van der Waals surface area contributed by atoms with Gasteiger partial charge in [0, 0.05) is 11.8 Å². The molecule has 26 heavy (non-hydrogen) atoms. The third-order valence-corrected chi connectivity index (χ3v) is 3.85. The van der Waals surface area contributed by atoms with Crippen LogP contribution >= 0.6 is 0 Å². The summed E-state index contributed by atoms with van der Waals surface area (Å²) in [4.78, 5) is 20.9. The van der Waals surface area contributed by atoms with Crippen LogP contribution in [0.25, 0.3) is 0 Å². The molecule has 2 aromatic carbocycles. The fourth-order valence-corrected chi connectivity index (χ4v) is 2.51. The maximum atomic E-state index is 13.7. The molecular formula is C20H19FN4O. The van der Waals surface area contributed by atoms with Crippen molar-refractivity contribution < 1.29 is 9.18 Å². The van der Waals surface area contributed by atoms with Crippen LogP contribution in [0.2, 0.25) is 0 Å². The molecule has 1 aromatic heterocycles. The molecule has 132 valence electrons. The van der Waals surface area contributed by atoms with Crippen LogP contribution in [-0.2, 0) is 0 Å². The summed E-state index contributed by atoms with van der Waals surface area (Å²) in [6.45, 7) is 5.69. The van der Waals surface area contributed by atoms with Gasteiger partial charge in [0.05, 0.1) is 5.69 Å². The Morgan fingerprint density at radius 2 is 1.73 bits per heavy atom. The molecule has 0 radical (unpaired) electrons. The summed E-state index contributed by atoms with van der Waals surface area (Å²) in [7, 11) is 0. The molecule has 0 bridgehead atoms. The van der Waals surface area contributed by atoms with Gasteiger partial charge in [0.15, 0.2) is 0 Å². The summed E-state index contributed by atoms with van der Waals surface area (Å²) < 4.78 is 13.7. The Hall–Kier alpha value is -3.28.